The number of imidazole rings is 1. The number of fused-ring (bicyclic) bond motifs is 1. The summed E-state index contributed by atoms with van der Waals surface area (Å²) in [6.07, 6.45) is 2.70. The molecule has 8 nitrogen and oxygen atoms in total. The molecule has 10 heteroatoms. The Balaban J connectivity index is 1.43. The number of aromatic nitrogens is 4. The maximum atomic E-state index is 13.7. The number of hydrogen-bond donors (Lipinski definition) is 1. The minimum Gasteiger partial charge on any atom is -0.505 e. The highest BCUT2D eigenvalue weighted by atomic mass is 32.2. The average Bonchev–Trinajstić information content (AvgIpc) is 3.68. The van der Waals surface area contributed by atoms with Crippen LogP contribution in [-0.2, 0) is 21.8 Å². The van der Waals surface area contributed by atoms with Gasteiger partial charge < -0.3 is 9.51 Å². The molecule has 1 fully saturated rings. The van der Waals surface area contributed by atoms with Crippen LogP contribution in [0.25, 0.3) is 11.4 Å². The van der Waals surface area contributed by atoms with Gasteiger partial charge in [0.25, 0.3) is 5.78 Å². The summed E-state index contributed by atoms with van der Waals surface area (Å²) in [5.74, 6) is -1.15. The van der Waals surface area contributed by atoms with E-state index in [4.69, 9.17) is 0 Å². The topological polar surface area (TPSA) is 101 Å². The number of aliphatic hydroxyl groups is 1. The molecule has 1 aliphatic heterocycles. The molecule has 0 radical (unpaired) electrons. The van der Waals surface area contributed by atoms with E-state index in [2.05, 4.69) is 46.4 Å². The van der Waals surface area contributed by atoms with Gasteiger partial charge in [0.2, 0.25) is 5.13 Å². The smallest absolute Gasteiger partial charge is 0.301 e. The van der Waals surface area contributed by atoms with Gasteiger partial charge in [0.15, 0.2) is 10.1 Å². The van der Waals surface area contributed by atoms with Crippen molar-refractivity contribution in [2.45, 2.75) is 50.3 Å². The Hall–Kier alpha value is -4.28. The molecule has 1 unspecified atom stereocenters. The first-order chi connectivity index (χ1) is 20.3. The van der Waals surface area contributed by atoms with Gasteiger partial charge in [0.1, 0.15) is 11.3 Å². The molecule has 1 saturated heterocycles. The molecule has 3 aromatic heterocycles. The Morgan fingerprint density at radius 1 is 0.976 bits per heavy atom. The number of nitrogens with zero attached hydrogens (tertiary/aromatic N) is 5. The summed E-state index contributed by atoms with van der Waals surface area (Å²) in [5.41, 5.74) is 6.67. The molecule has 1 atom stereocenters. The number of thioether (sulfide) groups is 1. The number of Topliss-reactive ketones (excluding diaryl/α,β-unsaturated/α-hetero) is 1. The number of pyridine rings is 1. The summed E-state index contributed by atoms with van der Waals surface area (Å²) < 4.78 is 2.55. The Morgan fingerprint density at radius 2 is 1.69 bits per heavy atom. The Labute approximate surface area is 251 Å². The Bertz CT molecular complexity index is 1860. The standard InChI is InChI=1S/C32H29N5O3S2/c1-5-21-12-14-23(15-13-21)26-24(27(38)25-20(4)36-16-6-7-19(3)29(36)33-25)28(39)30(40)37(26)31-34-35-32(42-31)41-17-22-10-8-18(2)9-11-22/h6-16,26,38H,5,17H2,1-4H3/b27-24+. The fourth-order valence-corrected chi connectivity index (χ4v) is 6.97. The quantitative estimate of drug-likeness (QED) is 0.0745. The third-order valence-electron chi connectivity index (χ3n) is 7.54. The SMILES string of the molecule is CCc1ccc(C2/C(=C(\O)c3nc4c(C)cccn4c3C)C(=O)C(=O)N2c2nnc(SCc3ccc(C)cc3)s2)cc1. The highest BCUT2D eigenvalue weighted by Gasteiger charge is 2.48. The number of ketones is 1. The van der Waals surface area contributed by atoms with Gasteiger partial charge in [-0.15, -0.1) is 10.2 Å². The summed E-state index contributed by atoms with van der Waals surface area (Å²) in [6, 6.07) is 19.0. The van der Waals surface area contributed by atoms with Crippen LogP contribution in [-0.4, -0.2) is 36.4 Å². The van der Waals surface area contributed by atoms with Crippen LogP contribution in [0.2, 0.25) is 0 Å². The van der Waals surface area contributed by atoms with E-state index in [1.54, 1.807) is 0 Å². The van der Waals surface area contributed by atoms with E-state index >= 15 is 0 Å². The molecule has 0 aliphatic carbocycles. The molecular weight excluding hydrogens is 567 g/mol. The van der Waals surface area contributed by atoms with Crippen molar-refractivity contribution in [3.63, 3.8) is 0 Å². The first-order valence-electron chi connectivity index (χ1n) is 13.6. The molecule has 1 N–H and O–H groups in total. The fraction of sp³-hybridized carbons (Fsp3) is 0.219. The second-order valence-electron chi connectivity index (χ2n) is 10.3. The summed E-state index contributed by atoms with van der Waals surface area (Å²) >= 11 is 2.77. The van der Waals surface area contributed by atoms with Crippen LogP contribution >= 0.6 is 23.1 Å². The summed E-state index contributed by atoms with van der Waals surface area (Å²) in [4.78, 5) is 33.3. The van der Waals surface area contributed by atoms with E-state index in [0.717, 1.165) is 23.1 Å². The predicted molar refractivity (Wildman–Crippen MR) is 166 cm³/mol. The Kier molecular flexibility index (Phi) is 7.42. The molecule has 5 aromatic rings. The van der Waals surface area contributed by atoms with Gasteiger partial charge in [-0.1, -0.05) is 90.2 Å². The summed E-state index contributed by atoms with van der Waals surface area (Å²) in [6.45, 7) is 7.88. The van der Waals surface area contributed by atoms with Crippen molar-refractivity contribution < 1.29 is 14.7 Å². The van der Waals surface area contributed by atoms with Crippen LogP contribution < -0.4 is 4.90 Å². The van der Waals surface area contributed by atoms with Crippen molar-refractivity contribution in [1.82, 2.24) is 19.6 Å². The lowest BCUT2D eigenvalue weighted by Gasteiger charge is -2.22. The lowest BCUT2D eigenvalue weighted by molar-refractivity contribution is -0.132. The Morgan fingerprint density at radius 3 is 2.38 bits per heavy atom. The van der Waals surface area contributed by atoms with E-state index in [9.17, 15) is 14.7 Å². The van der Waals surface area contributed by atoms with E-state index in [0.29, 0.717) is 32.1 Å². The third kappa shape index (κ3) is 4.90. The van der Waals surface area contributed by atoms with Crippen molar-refractivity contribution in [1.29, 1.82) is 0 Å². The van der Waals surface area contributed by atoms with Crippen molar-refractivity contribution >= 4 is 51.3 Å². The van der Waals surface area contributed by atoms with E-state index < -0.39 is 17.7 Å². The monoisotopic (exact) mass is 595 g/mol. The second-order valence-corrected chi connectivity index (χ2v) is 12.5. The van der Waals surface area contributed by atoms with Gasteiger partial charge in [-0.2, -0.15) is 0 Å². The maximum absolute atomic E-state index is 13.7. The highest BCUT2D eigenvalue weighted by molar-refractivity contribution is 8.00. The number of rotatable bonds is 7. The zero-order valence-electron chi connectivity index (χ0n) is 23.7. The van der Waals surface area contributed by atoms with E-state index in [-0.39, 0.29) is 17.0 Å². The first-order valence-corrected chi connectivity index (χ1v) is 15.4. The van der Waals surface area contributed by atoms with Crippen molar-refractivity contribution in [3.8, 4) is 0 Å². The number of hydrogen-bond acceptors (Lipinski definition) is 8. The van der Waals surface area contributed by atoms with Crippen molar-refractivity contribution in [2.24, 2.45) is 0 Å². The number of carbonyl (C=O) groups excluding carboxylic acids is 2. The summed E-state index contributed by atoms with van der Waals surface area (Å²) in [7, 11) is 0. The number of aliphatic hydroxyl groups excluding tert-OH is 1. The normalized spacial score (nSPS) is 16.6. The van der Waals surface area contributed by atoms with Crippen LogP contribution in [0.5, 0.6) is 0 Å². The largest absolute Gasteiger partial charge is 0.505 e. The number of carbonyl (C=O) groups is 2. The molecular formula is C32H29N5O3S2. The maximum Gasteiger partial charge on any atom is 0.301 e. The van der Waals surface area contributed by atoms with E-state index in [1.807, 2.05) is 67.8 Å². The van der Waals surface area contributed by atoms with Gasteiger partial charge in [0.05, 0.1) is 17.3 Å². The molecule has 0 spiro atoms. The fourth-order valence-electron chi connectivity index (χ4n) is 5.14. The first kappa shape index (κ1) is 27.9. The van der Waals surface area contributed by atoms with Gasteiger partial charge >= 0.3 is 5.91 Å². The lowest BCUT2D eigenvalue weighted by atomic mass is 9.95. The van der Waals surface area contributed by atoms with Gasteiger partial charge in [-0.05, 0) is 55.5 Å². The molecule has 6 rings (SSSR count). The third-order valence-corrected chi connectivity index (χ3v) is 9.67. The van der Waals surface area contributed by atoms with Crippen LogP contribution in [0.4, 0.5) is 5.13 Å². The van der Waals surface area contributed by atoms with Gasteiger partial charge in [-0.3, -0.25) is 14.5 Å². The molecule has 42 heavy (non-hydrogen) atoms. The van der Waals surface area contributed by atoms with Crippen LogP contribution in [0.3, 0.4) is 0 Å². The van der Waals surface area contributed by atoms with Crippen molar-refractivity contribution in [2.75, 3.05) is 4.90 Å². The van der Waals surface area contributed by atoms with Crippen LogP contribution in [0, 0.1) is 20.8 Å². The van der Waals surface area contributed by atoms with Crippen LogP contribution in [0.1, 0.15) is 52.2 Å². The van der Waals surface area contributed by atoms with Gasteiger partial charge in [-0.25, -0.2) is 4.98 Å². The van der Waals surface area contributed by atoms with Gasteiger partial charge in [0, 0.05) is 11.9 Å². The number of aryl methyl sites for hydroxylation is 4. The number of anilines is 1. The molecule has 0 bridgehead atoms. The molecule has 4 heterocycles. The van der Waals surface area contributed by atoms with Crippen molar-refractivity contribution in [3.05, 3.63) is 112 Å². The second kappa shape index (κ2) is 11.2. The molecule has 2 aromatic carbocycles. The summed E-state index contributed by atoms with van der Waals surface area (Å²) in [5, 5.41) is 20.6. The molecule has 1 amide bonds. The van der Waals surface area contributed by atoms with E-state index in [1.165, 1.54) is 33.6 Å². The molecule has 212 valence electrons. The lowest BCUT2D eigenvalue weighted by Crippen LogP contribution is -2.29. The molecule has 1 aliphatic rings. The predicted octanol–water partition coefficient (Wildman–Crippen LogP) is 6.59. The minimum absolute atomic E-state index is 0.0162. The van der Waals surface area contributed by atoms with Crippen LogP contribution in [0.15, 0.2) is 76.8 Å². The number of benzene rings is 2. The number of amides is 1. The highest BCUT2D eigenvalue weighted by Crippen LogP contribution is 2.44. The zero-order valence-corrected chi connectivity index (χ0v) is 25.3. The zero-order chi connectivity index (χ0) is 29.5. The average molecular weight is 596 g/mol. The molecule has 0 saturated carbocycles. The minimum atomic E-state index is -0.885.